The van der Waals surface area contributed by atoms with Crippen LogP contribution in [0.5, 0.6) is 0 Å². The lowest BCUT2D eigenvalue weighted by Gasteiger charge is -2.41. The number of carbonyl (C=O) groups excluding carboxylic acids is 2. The van der Waals surface area contributed by atoms with Crippen LogP contribution in [0.1, 0.15) is 91.5 Å². The minimum absolute atomic E-state index is 0.00727. The Morgan fingerprint density at radius 3 is 2.51 bits per heavy atom. The van der Waals surface area contributed by atoms with Crippen LogP contribution in [0.3, 0.4) is 0 Å². The lowest BCUT2D eigenvalue weighted by atomic mass is 9.85. The maximum atomic E-state index is 13.2. The van der Waals surface area contributed by atoms with Gasteiger partial charge in [0.1, 0.15) is 5.82 Å². The number of hydrogen-bond donors (Lipinski definition) is 2. The number of hydrogen-bond acceptors (Lipinski definition) is 5. The van der Waals surface area contributed by atoms with Gasteiger partial charge in [0.05, 0.1) is 18.0 Å². The van der Waals surface area contributed by atoms with Gasteiger partial charge in [0.25, 0.3) is 0 Å². The molecule has 216 valence electrons. The molecule has 0 radical (unpaired) electrons. The topological polar surface area (TPSA) is 97.6 Å². The molecule has 2 aliphatic rings. The minimum atomic E-state index is -2.10. The molecule has 1 unspecified atom stereocenters. The number of nitrogens with one attached hydrogen (secondary N) is 2. The Bertz CT molecular complexity index is 1170. The summed E-state index contributed by atoms with van der Waals surface area (Å²) in [5.41, 5.74) is 2.44. The third-order valence-electron chi connectivity index (χ3n) is 8.43. The van der Waals surface area contributed by atoms with Gasteiger partial charge in [-0.25, -0.2) is 4.99 Å². The maximum absolute atomic E-state index is 13.2. The summed E-state index contributed by atoms with van der Waals surface area (Å²) in [5, 5.41) is 11.2. The van der Waals surface area contributed by atoms with E-state index in [0.717, 1.165) is 42.6 Å². The summed E-state index contributed by atoms with van der Waals surface area (Å²) in [6.45, 7) is 23.4. The first kappa shape index (κ1) is 31.3. The molecule has 0 spiro atoms. The van der Waals surface area contributed by atoms with Crippen LogP contribution in [0, 0.1) is 11.3 Å². The normalized spacial score (nSPS) is 24.1. The predicted octanol–water partition coefficient (Wildman–Crippen LogP) is 6.31. The van der Waals surface area contributed by atoms with Crippen LogP contribution < -0.4 is 10.6 Å². The van der Waals surface area contributed by atoms with Gasteiger partial charge in [-0.2, -0.15) is 5.10 Å². The minimum Gasteiger partial charge on any atom is -0.408 e. The quantitative estimate of drug-likeness (QED) is 0.216. The summed E-state index contributed by atoms with van der Waals surface area (Å²) in [6.07, 6.45) is 6.57. The molecular formula is C29H46ClN5O3Si. The van der Waals surface area contributed by atoms with E-state index in [4.69, 9.17) is 21.1 Å². The van der Waals surface area contributed by atoms with Crippen molar-refractivity contribution in [2.45, 2.75) is 111 Å². The number of amides is 2. The van der Waals surface area contributed by atoms with Gasteiger partial charge in [-0.1, -0.05) is 52.6 Å². The fourth-order valence-corrected chi connectivity index (χ4v) is 6.76. The highest BCUT2D eigenvalue weighted by Crippen LogP contribution is 2.51. The first-order valence-corrected chi connectivity index (χ1v) is 17.1. The van der Waals surface area contributed by atoms with E-state index in [9.17, 15) is 9.59 Å². The number of nitrogens with zero attached hydrogens (tertiary/aromatic N) is 3. The van der Waals surface area contributed by atoms with Gasteiger partial charge in [0.2, 0.25) is 11.8 Å². The number of allylic oxidation sites excluding steroid dienone is 3. The largest absolute Gasteiger partial charge is 0.408 e. The summed E-state index contributed by atoms with van der Waals surface area (Å²) in [6, 6.07) is 0.00727. The van der Waals surface area contributed by atoms with Crippen LogP contribution >= 0.6 is 11.6 Å². The van der Waals surface area contributed by atoms with Crippen LogP contribution in [-0.4, -0.2) is 42.7 Å². The van der Waals surface area contributed by atoms with Crippen molar-refractivity contribution in [1.82, 2.24) is 20.4 Å². The molecular weight excluding hydrogens is 530 g/mol. The van der Waals surface area contributed by atoms with Crippen molar-refractivity contribution in [2.24, 2.45) is 16.3 Å². The van der Waals surface area contributed by atoms with Gasteiger partial charge < -0.3 is 15.1 Å². The summed E-state index contributed by atoms with van der Waals surface area (Å²) in [4.78, 5) is 28.8. The Balaban J connectivity index is 1.91. The molecule has 1 saturated carbocycles. The van der Waals surface area contributed by atoms with Crippen molar-refractivity contribution in [3.8, 4) is 0 Å². The lowest BCUT2D eigenvalue weighted by molar-refractivity contribution is -0.126. The number of halogens is 1. The van der Waals surface area contributed by atoms with E-state index in [1.54, 1.807) is 6.08 Å². The molecule has 10 heteroatoms. The molecule has 3 atom stereocenters. The van der Waals surface area contributed by atoms with E-state index in [1.165, 1.54) is 6.92 Å². The molecule has 1 aromatic rings. The number of aliphatic imine (C=N–C) groups is 1. The molecule has 39 heavy (non-hydrogen) atoms. The molecule has 2 amide bonds. The third-order valence-corrected chi connectivity index (χ3v) is 13.1. The number of rotatable bonds is 8. The predicted molar refractivity (Wildman–Crippen MR) is 161 cm³/mol. The van der Waals surface area contributed by atoms with E-state index in [0.29, 0.717) is 17.3 Å². The first-order valence-electron chi connectivity index (χ1n) is 13.8. The van der Waals surface area contributed by atoms with Crippen LogP contribution in [0.2, 0.25) is 18.1 Å². The Hall–Kier alpha value is -2.23. The second-order valence-electron chi connectivity index (χ2n) is 13.2. The van der Waals surface area contributed by atoms with Crippen molar-refractivity contribution in [1.29, 1.82) is 0 Å². The van der Waals surface area contributed by atoms with Crippen LogP contribution in [0.15, 0.2) is 28.1 Å². The molecule has 8 nitrogen and oxygen atoms in total. The Morgan fingerprint density at radius 2 is 1.95 bits per heavy atom. The standard InChI is InChI=1S/C29H46ClN5O3Si/c1-18(30)22(15-24(31-8)34-27(37)20-12-11-13-21(14-20)33-19(2)36)23-16-32-35-17-29(6,7)26(25(23)35)38-39(9,10)28(3,4)5/h15-16,20-21,26H,8,11-14,17H2,1-7,9-10H3,(H,33,36)(H,34,37)/b22-18-,24-15+/t20-,21+,26?/m0/s1. The molecule has 1 fully saturated rings. The van der Waals surface area contributed by atoms with E-state index >= 15 is 0 Å². The first-order chi connectivity index (χ1) is 18.0. The molecule has 2 N–H and O–H groups in total. The molecule has 1 aliphatic heterocycles. The van der Waals surface area contributed by atoms with Gasteiger partial charge in [0, 0.05) is 47.0 Å². The average molecular weight is 576 g/mol. The van der Waals surface area contributed by atoms with Gasteiger partial charge in [-0.15, -0.1) is 0 Å². The molecule has 0 aromatic carbocycles. The van der Waals surface area contributed by atoms with Gasteiger partial charge in [0.15, 0.2) is 8.32 Å². The highest BCUT2D eigenvalue weighted by Gasteiger charge is 2.48. The molecule has 1 aromatic heterocycles. The van der Waals surface area contributed by atoms with Crippen LogP contribution in [-0.2, 0) is 20.6 Å². The Labute approximate surface area is 239 Å². The fourth-order valence-electron chi connectivity index (χ4n) is 5.23. The maximum Gasteiger partial charge on any atom is 0.228 e. The van der Waals surface area contributed by atoms with Crippen molar-refractivity contribution in [3.05, 3.63) is 34.4 Å². The Morgan fingerprint density at radius 1 is 1.28 bits per heavy atom. The number of fused-ring (bicyclic) bond motifs is 1. The average Bonchev–Trinajstić information content (AvgIpc) is 3.30. The van der Waals surface area contributed by atoms with E-state index in [-0.39, 0.29) is 40.3 Å². The monoisotopic (exact) mass is 575 g/mol. The Kier molecular flexibility index (Phi) is 9.40. The highest BCUT2D eigenvalue weighted by molar-refractivity contribution is 6.74. The summed E-state index contributed by atoms with van der Waals surface area (Å²) in [5.74, 6) is -0.0881. The molecule has 3 rings (SSSR count). The van der Waals surface area contributed by atoms with Crippen LogP contribution in [0.25, 0.3) is 5.57 Å². The van der Waals surface area contributed by atoms with E-state index in [1.807, 2.05) is 17.8 Å². The van der Waals surface area contributed by atoms with Gasteiger partial charge >= 0.3 is 0 Å². The molecule has 0 saturated heterocycles. The van der Waals surface area contributed by atoms with E-state index < -0.39 is 8.32 Å². The van der Waals surface area contributed by atoms with Crippen molar-refractivity contribution in [2.75, 3.05) is 0 Å². The third kappa shape index (κ3) is 7.10. The summed E-state index contributed by atoms with van der Waals surface area (Å²) >= 11 is 6.67. The van der Waals surface area contributed by atoms with Gasteiger partial charge in [-0.05, 0) is 57.1 Å². The van der Waals surface area contributed by atoms with Crippen molar-refractivity contribution < 1.29 is 14.0 Å². The highest BCUT2D eigenvalue weighted by atomic mass is 35.5. The molecule has 0 bridgehead atoms. The summed E-state index contributed by atoms with van der Waals surface area (Å²) in [7, 11) is -2.10. The smallest absolute Gasteiger partial charge is 0.228 e. The second-order valence-corrected chi connectivity index (χ2v) is 18.6. The molecule has 2 heterocycles. The zero-order chi connectivity index (χ0) is 29.3. The van der Waals surface area contributed by atoms with E-state index in [2.05, 4.69) is 70.1 Å². The SMILES string of the molecule is C=N/C(=C\C(=C(/C)Cl)c1cnn2c1C(O[Si](C)(C)C(C)(C)C)C(C)(C)C2)NC(=O)[C@H]1CCC[C@@H](NC(C)=O)C1. The van der Waals surface area contributed by atoms with Crippen molar-refractivity contribution in [3.63, 3.8) is 0 Å². The van der Waals surface area contributed by atoms with Crippen LogP contribution in [0.4, 0.5) is 0 Å². The number of carbonyl (C=O) groups is 2. The fraction of sp³-hybridized carbons (Fsp3) is 0.655. The molecule has 1 aliphatic carbocycles. The number of aromatic nitrogens is 2. The van der Waals surface area contributed by atoms with Crippen molar-refractivity contribution >= 4 is 44.0 Å². The lowest BCUT2D eigenvalue weighted by Crippen LogP contribution is -2.43. The second kappa shape index (κ2) is 11.7. The zero-order valence-corrected chi connectivity index (χ0v) is 26.8. The van der Waals surface area contributed by atoms with Gasteiger partial charge in [-0.3, -0.25) is 14.3 Å². The zero-order valence-electron chi connectivity index (χ0n) is 25.1. The summed E-state index contributed by atoms with van der Waals surface area (Å²) < 4.78 is 9.02.